The van der Waals surface area contributed by atoms with Gasteiger partial charge in [0, 0.05) is 26.4 Å². The molecule has 22 heavy (non-hydrogen) atoms. The van der Waals surface area contributed by atoms with E-state index in [1.54, 1.807) is 25.2 Å². The summed E-state index contributed by atoms with van der Waals surface area (Å²) in [6.07, 6.45) is 1.95. The van der Waals surface area contributed by atoms with Gasteiger partial charge in [0.1, 0.15) is 0 Å². The van der Waals surface area contributed by atoms with E-state index in [1.165, 1.54) is 6.08 Å². The van der Waals surface area contributed by atoms with Crippen LogP contribution in [0.1, 0.15) is 0 Å². The number of nitrogens with one attached hydrogen (secondary N) is 1. The molecule has 1 aliphatic heterocycles. The third-order valence-corrected chi connectivity index (χ3v) is 3.96. The molecule has 0 spiro atoms. The van der Waals surface area contributed by atoms with Crippen molar-refractivity contribution in [3.8, 4) is 0 Å². The SMILES string of the molecule is CN(C)C(=S)OC1C(=O)C=C2NC=c3ccccc3=C2C1=O. The molecule has 0 amide bonds. The van der Waals surface area contributed by atoms with Gasteiger partial charge in [-0.05, 0) is 22.7 Å². The van der Waals surface area contributed by atoms with Gasteiger partial charge in [-0.1, -0.05) is 24.3 Å². The van der Waals surface area contributed by atoms with E-state index in [2.05, 4.69) is 5.32 Å². The molecule has 0 radical (unpaired) electrons. The summed E-state index contributed by atoms with van der Waals surface area (Å²) < 4.78 is 5.40. The first-order chi connectivity index (χ1) is 10.5. The molecule has 0 saturated carbocycles. The molecule has 3 rings (SSSR count). The Balaban J connectivity index is 2.12. The number of hydrogen-bond donors (Lipinski definition) is 1. The van der Waals surface area contributed by atoms with Crippen LogP contribution in [0.5, 0.6) is 0 Å². The number of thiocarbonyl (C=S) groups is 1. The Kier molecular flexibility index (Phi) is 3.54. The van der Waals surface area contributed by atoms with Gasteiger partial charge in [-0.15, -0.1) is 0 Å². The van der Waals surface area contributed by atoms with E-state index >= 15 is 0 Å². The summed E-state index contributed by atoms with van der Waals surface area (Å²) in [4.78, 5) is 26.4. The van der Waals surface area contributed by atoms with E-state index in [0.29, 0.717) is 11.3 Å². The second kappa shape index (κ2) is 5.38. The predicted molar refractivity (Wildman–Crippen MR) is 86.0 cm³/mol. The van der Waals surface area contributed by atoms with E-state index < -0.39 is 11.9 Å². The second-order valence-corrected chi connectivity index (χ2v) is 5.58. The highest BCUT2D eigenvalue weighted by atomic mass is 32.1. The molecule has 5 nitrogen and oxygen atoms in total. The van der Waals surface area contributed by atoms with Crippen LogP contribution in [0.4, 0.5) is 0 Å². The number of fused-ring (bicyclic) bond motifs is 2. The minimum atomic E-state index is -1.22. The van der Waals surface area contributed by atoms with Crippen molar-refractivity contribution in [2.75, 3.05) is 14.1 Å². The Morgan fingerprint density at radius 1 is 1.27 bits per heavy atom. The quantitative estimate of drug-likeness (QED) is 0.554. The van der Waals surface area contributed by atoms with Crippen LogP contribution in [0.15, 0.2) is 36.0 Å². The van der Waals surface area contributed by atoms with Crippen molar-refractivity contribution in [1.29, 1.82) is 0 Å². The molecule has 1 aromatic carbocycles. The number of ketones is 2. The summed E-state index contributed by atoms with van der Waals surface area (Å²) >= 11 is 5.04. The van der Waals surface area contributed by atoms with Gasteiger partial charge in [0.2, 0.25) is 17.7 Å². The van der Waals surface area contributed by atoms with Crippen molar-refractivity contribution in [1.82, 2.24) is 10.2 Å². The van der Waals surface area contributed by atoms with E-state index in [-0.39, 0.29) is 11.0 Å². The van der Waals surface area contributed by atoms with Crippen molar-refractivity contribution >= 4 is 40.7 Å². The van der Waals surface area contributed by atoms with Gasteiger partial charge in [-0.25, -0.2) is 0 Å². The van der Waals surface area contributed by atoms with Crippen LogP contribution in [0.2, 0.25) is 0 Å². The lowest BCUT2D eigenvalue weighted by molar-refractivity contribution is -0.132. The first-order valence-electron chi connectivity index (χ1n) is 6.73. The molecule has 1 aromatic rings. The fraction of sp³-hybridized carbons (Fsp3) is 0.188. The van der Waals surface area contributed by atoms with Gasteiger partial charge in [0.15, 0.2) is 0 Å². The molecule has 1 N–H and O–H groups in total. The van der Waals surface area contributed by atoms with Crippen molar-refractivity contribution in [3.63, 3.8) is 0 Å². The van der Waals surface area contributed by atoms with Gasteiger partial charge in [0.05, 0.1) is 11.3 Å². The van der Waals surface area contributed by atoms with Gasteiger partial charge in [-0.3, -0.25) is 9.59 Å². The highest BCUT2D eigenvalue weighted by Crippen LogP contribution is 2.21. The molecule has 0 saturated heterocycles. The van der Waals surface area contributed by atoms with Crippen molar-refractivity contribution in [3.05, 3.63) is 46.5 Å². The number of Topliss-reactive ketones (excluding diaryl/α,β-unsaturated/α-hetero) is 1. The number of rotatable bonds is 1. The van der Waals surface area contributed by atoms with Gasteiger partial charge < -0.3 is 15.0 Å². The zero-order valence-corrected chi connectivity index (χ0v) is 12.9. The van der Waals surface area contributed by atoms with Crippen molar-refractivity contribution in [2.45, 2.75) is 6.10 Å². The number of carbonyl (C=O) groups is 2. The fourth-order valence-corrected chi connectivity index (χ4v) is 2.49. The van der Waals surface area contributed by atoms with Crippen molar-refractivity contribution in [2.24, 2.45) is 0 Å². The third kappa shape index (κ3) is 2.31. The maximum atomic E-state index is 12.7. The fourth-order valence-electron chi connectivity index (χ4n) is 2.40. The molecule has 1 atom stereocenters. The average molecular weight is 314 g/mol. The zero-order chi connectivity index (χ0) is 15.9. The smallest absolute Gasteiger partial charge is 0.259 e. The summed E-state index contributed by atoms with van der Waals surface area (Å²) in [7, 11) is 3.39. The standard InChI is InChI=1S/C16H14N2O3S/c1-18(2)16(22)21-15-12(19)7-11-13(14(15)20)10-6-4-3-5-9(10)8-17-11/h3-8,15,17H,1-2H3. The summed E-state index contributed by atoms with van der Waals surface area (Å²) in [6.45, 7) is 0. The predicted octanol–water partition coefficient (Wildman–Crippen LogP) is -0.554. The second-order valence-electron chi connectivity index (χ2n) is 5.23. The molecule has 6 heteroatoms. The Hall–Kier alpha value is -2.47. The highest BCUT2D eigenvalue weighted by Gasteiger charge is 2.37. The molecule has 0 fully saturated rings. The number of ether oxygens (including phenoxy) is 1. The average Bonchev–Trinajstić information content (AvgIpc) is 2.50. The minimum Gasteiger partial charge on any atom is -0.451 e. The lowest BCUT2D eigenvalue weighted by Crippen LogP contribution is -2.47. The summed E-state index contributed by atoms with van der Waals surface area (Å²) in [5.41, 5.74) is 0.966. The minimum absolute atomic E-state index is 0.104. The number of benzene rings is 1. The van der Waals surface area contributed by atoms with Crippen LogP contribution in [0.25, 0.3) is 11.8 Å². The first-order valence-corrected chi connectivity index (χ1v) is 7.14. The number of nitrogens with zero attached hydrogens (tertiary/aromatic N) is 1. The van der Waals surface area contributed by atoms with Crippen molar-refractivity contribution < 1.29 is 14.3 Å². The molecular formula is C16H14N2O3S. The molecule has 2 aliphatic rings. The zero-order valence-electron chi connectivity index (χ0n) is 12.1. The molecule has 112 valence electrons. The summed E-state index contributed by atoms with van der Waals surface area (Å²) in [6, 6.07) is 7.49. The maximum absolute atomic E-state index is 12.7. The number of carbonyl (C=O) groups excluding carboxylic acids is 2. The van der Waals surface area contributed by atoms with Crippen LogP contribution in [-0.2, 0) is 14.3 Å². The lowest BCUT2D eigenvalue weighted by Gasteiger charge is -2.26. The van der Waals surface area contributed by atoms with E-state index in [4.69, 9.17) is 17.0 Å². The topological polar surface area (TPSA) is 58.6 Å². The molecule has 0 aromatic heterocycles. The molecular weight excluding hydrogens is 300 g/mol. The maximum Gasteiger partial charge on any atom is 0.259 e. The summed E-state index contributed by atoms with van der Waals surface area (Å²) in [5.74, 6) is -0.784. The Bertz CT molecular complexity index is 839. The molecule has 1 unspecified atom stereocenters. The van der Waals surface area contributed by atoms with Crippen LogP contribution < -0.4 is 15.8 Å². The monoisotopic (exact) mass is 314 g/mol. The van der Waals surface area contributed by atoms with Crippen LogP contribution in [0, 0.1) is 0 Å². The number of hydrogen-bond acceptors (Lipinski definition) is 5. The Morgan fingerprint density at radius 3 is 2.73 bits per heavy atom. The van der Waals surface area contributed by atoms with Gasteiger partial charge in [0.25, 0.3) is 5.17 Å². The molecule has 0 bridgehead atoms. The normalized spacial score (nSPS) is 19.3. The van der Waals surface area contributed by atoms with Crippen LogP contribution >= 0.6 is 12.2 Å². The van der Waals surface area contributed by atoms with Gasteiger partial charge in [-0.2, -0.15) is 0 Å². The molecule has 1 aliphatic carbocycles. The summed E-state index contributed by atoms with van der Waals surface area (Å²) in [5, 5.41) is 4.78. The van der Waals surface area contributed by atoms with Crippen LogP contribution in [0.3, 0.4) is 0 Å². The molecule has 1 heterocycles. The Labute approximate surface area is 132 Å². The van der Waals surface area contributed by atoms with Gasteiger partial charge >= 0.3 is 0 Å². The highest BCUT2D eigenvalue weighted by molar-refractivity contribution is 7.80. The van der Waals surface area contributed by atoms with E-state index in [0.717, 1.165) is 10.4 Å². The third-order valence-electron chi connectivity index (χ3n) is 3.50. The largest absolute Gasteiger partial charge is 0.451 e. The van der Waals surface area contributed by atoms with E-state index in [1.807, 2.05) is 24.3 Å². The Morgan fingerprint density at radius 2 is 2.00 bits per heavy atom. The van der Waals surface area contributed by atoms with Crippen LogP contribution in [-0.4, -0.2) is 41.8 Å². The first kappa shape index (κ1) is 14.5. The number of allylic oxidation sites excluding steroid dienone is 1. The van der Waals surface area contributed by atoms with E-state index in [9.17, 15) is 9.59 Å². The lowest BCUT2D eigenvalue weighted by atomic mass is 9.90.